The van der Waals surface area contributed by atoms with E-state index in [2.05, 4.69) is 25.8 Å². The van der Waals surface area contributed by atoms with Gasteiger partial charge in [-0.05, 0) is 47.9 Å². The Morgan fingerprint density at radius 2 is 1.88 bits per heavy atom. The Hall–Kier alpha value is -3.34. The topological polar surface area (TPSA) is 77.2 Å². The fourth-order valence-corrected chi connectivity index (χ4v) is 4.15. The second-order valence-corrected chi connectivity index (χ2v) is 8.75. The van der Waals surface area contributed by atoms with Crippen molar-refractivity contribution < 1.29 is 4.79 Å². The number of aromatic nitrogens is 2. The van der Waals surface area contributed by atoms with Crippen LogP contribution < -0.4 is 5.32 Å². The lowest BCUT2D eigenvalue weighted by Crippen LogP contribution is -2.51. The maximum Gasteiger partial charge on any atom is 0.317 e. The average Bonchev–Trinajstić information content (AvgIpc) is 3.26. The molecule has 1 aromatic heterocycles. The fraction of sp³-hybridized carbons (Fsp3) is 0.320. The predicted octanol–water partition coefficient (Wildman–Crippen LogP) is 3.79. The highest BCUT2D eigenvalue weighted by atomic mass is 35.5. The number of piperazine rings is 1. The van der Waals surface area contributed by atoms with Gasteiger partial charge in [-0.1, -0.05) is 29.8 Å². The van der Waals surface area contributed by atoms with Crippen molar-refractivity contribution in [2.45, 2.75) is 26.6 Å². The number of hydrogen-bond acceptors (Lipinski definition) is 4. The zero-order chi connectivity index (χ0) is 23.2. The second kappa shape index (κ2) is 10.5. The van der Waals surface area contributed by atoms with Gasteiger partial charge >= 0.3 is 6.03 Å². The first kappa shape index (κ1) is 22.8. The summed E-state index contributed by atoms with van der Waals surface area (Å²) < 4.78 is 2.13. The molecule has 1 aliphatic heterocycles. The van der Waals surface area contributed by atoms with Gasteiger partial charge < -0.3 is 14.8 Å². The number of nitrogens with one attached hydrogen (secondary N) is 1. The van der Waals surface area contributed by atoms with Gasteiger partial charge in [0.15, 0.2) is 0 Å². The number of nitrogens with zero attached hydrogens (tertiary/aromatic N) is 5. The lowest BCUT2D eigenvalue weighted by Gasteiger charge is -2.34. The third-order valence-electron chi connectivity index (χ3n) is 6.02. The molecule has 2 aromatic carbocycles. The van der Waals surface area contributed by atoms with Crippen LogP contribution in [0.2, 0.25) is 5.02 Å². The molecule has 1 saturated heterocycles. The highest BCUT2D eigenvalue weighted by Crippen LogP contribution is 2.16. The number of hydrogen-bond donors (Lipinski definition) is 1. The van der Waals surface area contributed by atoms with E-state index in [0.29, 0.717) is 36.8 Å². The van der Waals surface area contributed by atoms with Crippen LogP contribution in [0.4, 0.5) is 4.79 Å². The summed E-state index contributed by atoms with van der Waals surface area (Å²) in [6.07, 6.45) is 3.74. The van der Waals surface area contributed by atoms with E-state index in [1.807, 2.05) is 66.8 Å². The number of halogens is 1. The van der Waals surface area contributed by atoms with Crippen LogP contribution in [0.3, 0.4) is 0 Å². The van der Waals surface area contributed by atoms with Crippen molar-refractivity contribution in [1.82, 2.24) is 24.7 Å². The van der Waals surface area contributed by atoms with Crippen molar-refractivity contribution in [3.05, 3.63) is 88.0 Å². The van der Waals surface area contributed by atoms with E-state index in [-0.39, 0.29) is 6.03 Å². The van der Waals surface area contributed by atoms with Crippen LogP contribution in [0.5, 0.6) is 0 Å². The van der Waals surface area contributed by atoms with E-state index in [9.17, 15) is 4.79 Å². The Morgan fingerprint density at radius 3 is 2.61 bits per heavy atom. The van der Waals surface area contributed by atoms with Crippen LogP contribution in [-0.4, -0.2) is 51.6 Å². The summed E-state index contributed by atoms with van der Waals surface area (Å²) in [6, 6.07) is 15.5. The third-order valence-corrected chi connectivity index (χ3v) is 6.26. The van der Waals surface area contributed by atoms with Gasteiger partial charge in [0.25, 0.3) is 0 Å². The molecule has 7 nitrogen and oxygen atoms in total. The molecule has 170 valence electrons. The molecule has 1 fully saturated rings. The second-order valence-electron chi connectivity index (χ2n) is 8.31. The summed E-state index contributed by atoms with van der Waals surface area (Å²) in [5.74, 6) is 0. The Kier molecular flexibility index (Phi) is 7.28. The molecule has 8 heteroatoms. The molecule has 0 aliphatic carbocycles. The molecule has 4 rings (SSSR count). The van der Waals surface area contributed by atoms with E-state index in [4.69, 9.17) is 16.9 Å². The summed E-state index contributed by atoms with van der Waals surface area (Å²) in [7, 11) is 0. The molecule has 1 N–H and O–H groups in total. The maximum absolute atomic E-state index is 12.6. The van der Waals surface area contributed by atoms with E-state index >= 15 is 0 Å². The van der Waals surface area contributed by atoms with E-state index in [1.54, 1.807) is 0 Å². The van der Waals surface area contributed by atoms with Gasteiger partial charge in [-0.2, -0.15) is 5.26 Å². The fourth-order valence-electron chi connectivity index (χ4n) is 3.95. The zero-order valence-electron chi connectivity index (χ0n) is 18.7. The molecule has 33 heavy (non-hydrogen) atoms. The van der Waals surface area contributed by atoms with Crippen LogP contribution in [0.15, 0.2) is 55.0 Å². The largest absolute Gasteiger partial charge is 0.334 e. The molecule has 2 heterocycles. The molecular formula is C25H27ClN6O. The van der Waals surface area contributed by atoms with Crippen LogP contribution in [0.25, 0.3) is 0 Å². The van der Waals surface area contributed by atoms with Crippen molar-refractivity contribution >= 4 is 17.6 Å². The van der Waals surface area contributed by atoms with Gasteiger partial charge in [0.2, 0.25) is 0 Å². The van der Waals surface area contributed by atoms with Crippen molar-refractivity contribution in [2.75, 3.05) is 26.2 Å². The molecule has 0 bridgehead atoms. The van der Waals surface area contributed by atoms with E-state index < -0.39 is 0 Å². The Labute approximate surface area is 199 Å². The minimum atomic E-state index is -0.0418. The minimum absolute atomic E-state index is 0.0418. The molecule has 0 unspecified atom stereocenters. The van der Waals surface area contributed by atoms with Crippen LogP contribution >= 0.6 is 11.6 Å². The van der Waals surface area contributed by atoms with Crippen molar-refractivity contribution in [3.63, 3.8) is 0 Å². The number of benzene rings is 2. The summed E-state index contributed by atoms with van der Waals surface area (Å²) >= 11 is 6.08. The molecule has 0 spiro atoms. The van der Waals surface area contributed by atoms with Gasteiger partial charge in [0.05, 0.1) is 23.7 Å². The predicted molar refractivity (Wildman–Crippen MR) is 128 cm³/mol. The maximum atomic E-state index is 12.6. The third kappa shape index (κ3) is 5.92. The normalized spacial score (nSPS) is 14.2. The number of rotatable bonds is 6. The molecular weight excluding hydrogens is 436 g/mol. The lowest BCUT2D eigenvalue weighted by molar-refractivity contribution is 0.133. The lowest BCUT2D eigenvalue weighted by atomic mass is 10.1. The van der Waals surface area contributed by atoms with Crippen molar-refractivity contribution in [2.24, 2.45) is 0 Å². The number of carbonyl (C=O) groups excluding carboxylic acids is 1. The van der Waals surface area contributed by atoms with Gasteiger partial charge in [-0.15, -0.1) is 0 Å². The molecule has 2 amide bonds. The quantitative estimate of drug-likeness (QED) is 0.604. The first-order valence-electron chi connectivity index (χ1n) is 11.0. The van der Waals surface area contributed by atoms with Crippen molar-refractivity contribution in [3.8, 4) is 6.07 Å². The molecule has 1 aliphatic rings. The summed E-state index contributed by atoms with van der Waals surface area (Å²) in [5.41, 5.74) is 5.07. The summed E-state index contributed by atoms with van der Waals surface area (Å²) in [5, 5.41) is 12.7. The van der Waals surface area contributed by atoms with Crippen LogP contribution in [-0.2, 0) is 19.6 Å². The summed E-state index contributed by atoms with van der Waals surface area (Å²) in [4.78, 5) is 21.2. The van der Waals surface area contributed by atoms with Crippen LogP contribution in [0, 0.1) is 18.3 Å². The van der Waals surface area contributed by atoms with Gasteiger partial charge in [0, 0.05) is 57.0 Å². The Bertz CT molecular complexity index is 1140. The number of nitriles is 1. The Morgan fingerprint density at radius 1 is 1.12 bits per heavy atom. The molecule has 0 saturated carbocycles. The van der Waals surface area contributed by atoms with Gasteiger partial charge in [-0.3, -0.25) is 4.90 Å². The first-order valence-corrected chi connectivity index (χ1v) is 11.4. The molecule has 0 atom stereocenters. The molecule has 0 radical (unpaired) electrons. The first-order chi connectivity index (χ1) is 16.0. The highest BCUT2D eigenvalue weighted by molar-refractivity contribution is 6.30. The van der Waals surface area contributed by atoms with Gasteiger partial charge in [-0.25, -0.2) is 9.78 Å². The summed E-state index contributed by atoms with van der Waals surface area (Å²) in [6.45, 7) is 6.98. The molecule has 3 aromatic rings. The zero-order valence-corrected chi connectivity index (χ0v) is 19.4. The number of amides is 2. The number of carbonyl (C=O) groups is 1. The standard InChI is InChI=1S/C25H27ClN6O/c1-19-2-7-23(26)12-22(19)14-29-25(33)31-10-8-30(9-11-31)17-24-15-28-18-32(24)16-21-5-3-20(13-27)4-6-21/h2-7,12,15,18H,8-11,14,16-17H2,1H3,(H,29,33). The minimum Gasteiger partial charge on any atom is -0.334 e. The average molecular weight is 463 g/mol. The number of aryl methyl sites for hydroxylation is 1. The monoisotopic (exact) mass is 462 g/mol. The van der Waals surface area contributed by atoms with E-state index in [0.717, 1.165) is 42.0 Å². The van der Waals surface area contributed by atoms with Gasteiger partial charge in [0.1, 0.15) is 0 Å². The van der Waals surface area contributed by atoms with Crippen molar-refractivity contribution in [1.29, 1.82) is 5.26 Å². The number of imidazole rings is 1. The Balaban J connectivity index is 1.26. The number of urea groups is 1. The SMILES string of the molecule is Cc1ccc(Cl)cc1CNC(=O)N1CCN(Cc2cncn2Cc2ccc(C#N)cc2)CC1. The van der Waals surface area contributed by atoms with E-state index in [1.165, 1.54) is 0 Å². The van der Waals surface area contributed by atoms with Crippen LogP contribution in [0.1, 0.15) is 27.9 Å². The highest BCUT2D eigenvalue weighted by Gasteiger charge is 2.22. The smallest absolute Gasteiger partial charge is 0.317 e.